The Bertz CT molecular complexity index is 445. The van der Waals surface area contributed by atoms with Gasteiger partial charge in [0.15, 0.2) is 0 Å². The van der Waals surface area contributed by atoms with Crippen molar-refractivity contribution in [1.29, 1.82) is 0 Å². The summed E-state index contributed by atoms with van der Waals surface area (Å²) in [6.07, 6.45) is 1.66. The Morgan fingerprint density at radius 2 is 2.21 bits per heavy atom. The number of ether oxygens (including phenoxy) is 1. The lowest BCUT2D eigenvalue weighted by atomic mass is 9.97. The van der Waals surface area contributed by atoms with Crippen LogP contribution >= 0.6 is 0 Å². The number of anilines is 1. The zero-order valence-corrected chi connectivity index (χ0v) is 11.0. The second-order valence-electron chi connectivity index (χ2n) is 4.59. The Morgan fingerprint density at radius 1 is 1.47 bits per heavy atom. The van der Waals surface area contributed by atoms with E-state index in [0.29, 0.717) is 18.0 Å². The lowest BCUT2D eigenvalue weighted by Gasteiger charge is -2.22. The number of hydrogen-bond acceptors (Lipinski definition) is 3. The topological polar surface area (TPSA) is 50.4 Å². The number of carbonyl (C=O) groups is 1. The van der Waals surface area contributed by atoms with Gasteiger partial charge in [0.05, 0.1) is 12.3 Å². The number of rotatable bonds is 4. The van der Waals surface area contributed by atoms with E-state index < -0.39 is 0 Å². The first-order valence-corrected chi connectivity index (χ1v) is 6.64. The average Bonchev–Trinajstić information content (AvgIpc) is 2.43. The maximum Gasteiger partial charge on any atom is 0.227 e. The third-order valence-electron chi connectivity index (χ3n) is 3.21. The molecule has 0 aliphatic carbocycles. The highest BCUT2D eigenvalue weighted by Crippen LogP contribution is 2.26. The van der Waals surface area contributed by atoms with E-state index in [4.69, 9.17) is 4.74 Å². The van der Waals surface area contributed by atoms with Crippen molar-refractivity contribution < 1.29 is 13.9 Å². The molecule has 19 heavy (non-hydrogen) atoms. The molecule has 4 nitrogen and oxygen atoms in total. The molecule has 5 heteroatoms. The van der Waals surface area contributed by atoms with Gasteiger partial charge in [0.1, 0.15) is 11.6 Å². The molecule has 2 rings (SSSR count). The smallest absolute Gasteiger partial charge is 0.227 e. The van der Waals surface area contributed by atoms with Crippen molar-refractivity contribution in [3.63, 3.8) is 0 Å². The van der Waals surface area contributed by atoms with Crippen molar-refractivity contribution in [1.82, 2.24) is 5.32 Å². The standard InChI is InChI=1S/C14H19FN2O2/c1-2-19-13-9-11(15)3-4-12(13)17-14(18)10-5-7-16-8-6-10/h3-4,9-10,16H,2,5-8H2,1H3,(H,17,18). The van der Waals surface area contributed by atoms with Crippen molar-refractivity contribution in [2.24, 2.45) is 5.92 Å². The Labute approximate surface area is 112 Å². The molecule has 1 aromatic carbocycles. The minimum Gasteiger partial charge on any atom is -0.492 e. The number of amides is 1. The second kappa shape index (κ2) is 6.52. The van der Waals surface area contributed by atoms with Gasteiger partial charge >= 0.3 is 0 Å². The van der Waals surface area contributed by atoms with Crippen LogP contribution in [0.25, 0.3) is 0 Å². The van der Waals surface area contributed by atoms with Crippen LogP contribution in [0.4, 0.5) is 10.1 Å². The van der Waals surface area contributed by atoms with E-state index in [1.54, 1.807) is 6.07 Å². The summed E-state index contributed by atoms with van der Waals surface area (Å²) in [5, 5.41) is 6.05. The van der Waals surface area contributed by atoms with Gasteiger partial charge in [-0.25, -0.2) is 4.39 Å². The molecule has 0 radical (unpaired) electrons. The SMILES string of the molecule is CCOc1cc(F)ccc1NC(=O)C1CCNCC1. The normalized spacial score (nSPS) is 16.1. The van der Waals surface area contributed by atoms with Crippen molar-refractivity contribution in [3.8, 4) is 5.75 Å². The highest BCUT2D eigenvalue weighted by molar-refractivity contribution is 5.94. The maximum absolute atomic E-state index is 13.2. The largest absolute Gasteiger partial charge is 0.492 e. The van der Waals surface area contributed by atoms with Crippen LogP contribution in [0.15, 0.2) is 18.2 Å². The fourth-order valence-corrected chi connectivity index (χ4v) is 2.19. The maximum atomic E-state index is 13.2. The molecule has 1 fully saturated rings. The third-order valence-corrected chi connectivity index (χ3v) is 3.21. The minimum atomic E-state index is -0.372. The fraction of sp³-hybridized carbons (Fsp3) is 0.500. The predicted molar refractivity (Wildman–Crippen MR) is 71.8 cm³/mol. The molecule has 1 heterocycles. The van der Waals surface area contributed by atoms with E-state index in [0.717, 1.165) is 25.9 Å². The summed E-state index contributed by atoms with van der Waals surface area (Å²) in [6.45, 7) is 3.97. The summed E-state index contributed by atoms with van der Waals surface area (Å²) in [6, 6.07) is 4.15. The first-order valence-electron chi connectivity index (χ1n) is 6.64. The molecular weight excluding hydrogens is 247 g/mol. The van der Waals surface area contributed by atoms with Crippen LogP contribution in [0, 0.1) is 11.7 Å². The Morgan fingerprint density at radius 3 is 2.89 bits per heavy atom. The average molecular weight is 266 g/mol. The number of nitrogens with one attached hydrogen (secondary N) is 2. The molecule has 0 bridgehead atoms. The van der Waals surface area contributed by atoms with Gasteiger partial charge in [0.2, 0.25) is 5.91 Å². The van der Waals surface area contributed by atoms with Crippen molar-refractivity contribution in [3.05, 3.63) is 24.0 Å². The summed E-state index contributed by atoms with van der Waals surface area (Å²) < 4.78 is 18.5. The van der Waals surface area contributed by atoms with Gasteiger partial charge in [-0.05, 0) is 45.0 Å². The van der Waals surface area contributed by atoms with Crippen LogP contribution < -0.4 is 15.4 Å². The summed E-state index contributed by atoms with van der Waals surface area (Å²) >= 11 is 0. The summed E-state index contributed by atoms with van der Waals surface area (Å²) in [4.78, 5) is 12.1. The van der Waals surface area contributed by atoms with Crippen LogP contribution in [0.5, 0.6) is 5.75 Å². The molecule has 0 saturated carbocycles. The van der Waals surface area contributed by atoms with Crippen LogP contribution in [-0.4, -0.2) is 25.6 Å². The van der Waals surface area contributed by atoms with E-state index in [1.165, 1.54) is 12.1 Å². The molecule has 0 atom stereocenters. The highest BCUT2D eigenvalue weighted by atomic mass is 19.1. The number of carbonyl (C=O) groups excluding carboxylic acids is 1. The third kappa shape index (κ3) is 3.67. The van der Waals surface area contributed by atoms with E-state index >= 15 is 0 Å². The van der Waals surface area contributed by atoms with Crippen molar-refractivity contribution >= 4 is 11.6 Å². The molecule has 1 aromatic rings. The van der Waals surface area contributed by atoms with Gasteiger partial charge in [0.25, 0.3) is 0 Å². The molecule has 104 valence electrons. The molecule has 0 spiro atoms. The van der Waals surface area contributed by atoms with Gasteiger partial charge in [-0.2, -0.15) is 0 Å². The van der Waals surface area contributed by atoms with Gasteiger partial charge in [-0.1, -0.05) is 0 Å². The highest BCUT2D eigenvalue weighted by Gasteiger charge is 2.21. The number of piperidine rings is 1. The van der Waals surface area contributed by atoms with Crippen LogP contribution in [0.1, 0.15) is 19.8 Å². The number of benzene rings is 1. The second-order valence-corrected chi connectivity index (χ2v) is 4.59. The summed E-state index contributed by atoms with van der Waals surface area (Å²) in [5.74, 6) is 0.00272. The zero-order chi connectivity index (χ0) is 13.7. The molecule has 1 amide bonds. The fourth-order valence-electron chi connectivity index (χ4n) is 2.19. The molecular formula is C14H19FN2O2. The summed E-state index contributed by atoms with van der Waals surface area (Å²) in [5.41, 5.74) is 0.534. The monoisotopic (exact) mass is 266 g/mol. The lowest BCUT2D eigenvalue weighted by Crippen LogP contribution is -2.34. The molecule has 0 aromatic heterocycles. The Kier molecular flexibility index (Phi) is 4.74. The van der Waals surface area contributed by atoms with Gasteiger partial charge in [-0.15, -0.1) is 0 Å². The van der Waals surface area contributed by atoms with Crippen LogP contribution in [0.3, 0.4) is 0 Å². The van der Waals surface area contributed by atoms with Crippen molar-refractivity contribution in [2.45, 2.75) is 19.8 Å². The minimum absolute atomic E-state index is 0.0146. The molecule has 1 aliphatic heterocycles. The molecule has 1 saturated heterocycles. The summed E-state index contributed by atoms with van der Waals surface area (Å²) in [7, 11) is 0. The first-order chi connectivity index (χ1) is 9.20. The van der Waals surface area contributed by atoms with Gasteiger partial charge in [-0.3, -0.25) is 4.79 Å². The molecule has 0 unspecified atom stereocenters. The number of hydrogen-bond donors (Lipinski definition) is 2. The van der Waals surface area contributed by atoms with E-state index in [1.807, 2.05) is 6.92 Å². The van der Waals surface area contributed by atoms with Gasteiger partial charge < -0.3 is 15.4 Å². The Hall–Kier alpha value is -1.62. The number of halogens is 1. The molecule has 1 aliphatic rings. The van der Waals surface area contributed by atoms with Crippen LogP contribution in [-0.2, 0) is 4.79 Å². The lowest BCUT2D eigenvalue weighted by molar-refractivity contribution is -0.120. The van der Waals surface area contributed by atoms with Gasteiger partial charge in [0, 0.05) is 12.0 Å². The quantitative estimate of drug-likeness (QED) is 0.878. The van der Waals surface area contributed by atoms with E-state index in [-0.39, 0.29) is 17.6 Å². The van der Waals surface area contributed by atoms with E-state index in [9.17, 15) is 9.18 Å². The van der Waals surface area contributed by atoms with E-state index in [2.05, 4.69) is 10.6 Å². The van der Waals surface area contributed by atoms with Crippen LogP contribution in [0.2, 0.25) is 0 Å². The molecule has 2 N–H and O–H groups in total. The Balaban J connectivity index is 2.06. The van der Waals surface area contributed by atoms with Crippen molar-refractivity contribution in [2.75, 3.05) is 25.0 Å². The zero-order valence-electron chi connectivity index (χ0n) is 11.0. The predicted octanol–water partition coefficient (Wildman–Crippen LogP) is 2.16. The first kappa shape index (κ1) is 13.8.